The molecule has 4 heteroatoms. The lowest BCUT2D eigenvalue weighted by Crippen LogP contribution is -2.27. The van der Waals surface area contributed by atoms with E-state index in [1.54, 1.807) is 12.4 Å². The van der Waals surface area contributed by atoms with Gasteiger partial charge in [0.1, 0.15) is 11.9 Å². The number of rotatable bonds is 4. The predicted octanol–water partition coefficient (Wildman–Crippen LogP) is 5.08. The molecule has 4 nitrogen and oxygen atoms in total. The van der Waals surface area contributed by atoms with E-state index in [4.69, 9.17) is 4.74 Å². The van der Waals surface area contributed by atoms with Gasteiger partial charge in [-0.3, -0.25) is 9.78 Å². The average molecular weight is 370 g/mol. The van der Waals surface area contributed by atoms with E-state index in [1.165, 1.54) is 12.8 Å². The topological polar surface area (TPSA) is 51.2 Å². The third-order valence-corrected chi connectivity index (χ3v) is 5.65. The standard InChI is InChI=1S/C24H22N2O2/c1-15(16-5-3-2-4-6-16)26-24(27)18-9-10-19-20-11-12-25-14-22(20)28-23(17-7-8-17)21(19)13-18/h2-6,9-15,17,23H,7-8H2,1H3,(H,26,27)/t15-,23?/m1/s1. The van der Waals surface area contributed by atoms with E-state index in [9.17, 15) is 4.79 Å². The predicted molar refractivity (Wildman–Crippen MR) is 108 cm³/mol. The van der Waals surface area contributed by atoms with Crippen LogP contribution in [0.5, 0.6) is 5.75 Å². The molecule has 2 heterocycles. The van der Waals surface area contributed by atoms with E-state index >= 15 is 0 Å². The fourth-order valence-corrected chi connectivity index (χ4v) is 3.94. The number of amides is 1. The van der Waals surface area contributed by atoms with Crippen molar-refractivity contribution < 1.29 is 9.53 Å². The SMILES string of the molecule is C[C@@H](NC(=O)c1ccc2c(c1)C(C1CC1)Oc1cnccc1-2)c1ccccc1. The molecule has 1 aliphatic carbocycles. The maximum atomic E-state index is 12.9. The molecule has 0 radical (unpaired) electrons. The highest BCUT2D eigenvalue weighted by atomic mass is 16.5. The zero-order chi connectivity index (χ0) is 19.1. The Labute approximate surface area is 164 Å². The van der Waals surface area contributed by atoms with Crippen molar-refractivity contribution >= 4 is 5.91 Å². The molecular weight excluding hydrogens is 348 g/mol. The second kappa shape index (κ2) is 6.79. The van der Waals surface area contributed by atoms with Crippen LogP contribution in [0.3, 0.4) is 0 Å². The number of ether oxygens (including phenoxy) is 1. The highest BCUT2D eigenvalue weighted by molar-refractivity contribution is 5.95. The summed E-state index contributed by atoms with van der Waals surface area (Å²) in [4.78, 5) is 17.1. The van der Waals surface area contributed by atoms with E-state index in [2.05, 4.69) is 10.3 Å². The minimum Gasteiger partial charge on any atom is -0.483 e. The molecule has 0 spiro atoms. The third-order valence-electron chi connectivity index (χ3n) is 5.65. The minimum absolute atomic E-state index is 0.00555. The number of benzene rings is 2. The molecular formula is C24H22N2O2. The van der Waals surface area contributed by atoms with E-state index in [-0.39, 0.29) is 18.1 Å². The van der Waals surface area contributed by atoms with Gasteiger partial charge in [0.2, 0.25) is 0 Å². The summed E-state index contributed by atoms with van der Waals surface area (Å²) in [7, 11) is 0. The van der Waals surface area contributed by atoms with Crippen molar-refractivity contribution in [3.8, 4) is 16.9 Å². The van der Waals surface area contributed by atoms with Gasteiger partial charge in [-0.1, -0.05) is 36.4 Å². The van der Waals surface area contributed by atoms with E-state index < -0.39 is 0 Å². The van der Waals surface area contributed by atoms with E-state index in [1.807, 2.05) is 61.5 Å². The van der Waals surface area contributed by atoms with Crippen LogP contribution in [-0.2, 0) is 0 Å². The first-order chi connectivity index (χ1) is 13.7. The van der Waals surface area contributed by atoms with Gasteiger partial charge < -0.3 is 10.1 Å². The maximum Gasteiger partial charge on any atom is 0.251 e. The summed E-state index contributed by atoms with van der Waals surface area (Å²) in [5, 5.41) is 3.11. The van der Waals surface area contributed by atoms with Gasteiger partial charge in [0.25, 0.3) is 5.91 Å². The molecule has 140 valence electrons. The quantitative estimate of drug-likeness (QED) is 0.696. The summed E-state index contributed by atoms with van der Waals surface area (Å²) < 4.78 is 6.27. The molecule has 2 aromatic carbocycles. The summed E-state index contributed by atoms with van der Waals surface area (Å²) >= 11 is 0. The van der Waals surface area contributed by atoms with Gasteiger partial charge in [-0.25, -0.2) is 0 Å². The van der Waals surface area contributed by atoms with E-state index in [0.29, 0.717) is 11.5 Å². The highest BCUT2D eigenvalue weighted by Crippen LogP contribution is 2.51. The molecule has 5 rings (SSSR count). The van der Waals surface area contributed by atoms with Crippen molar-refractivity contribution in [3.05, 3.63) is 83.7 Å². The van der Waals surface area contributed by atoms with Gasteiger partial charge in [-0.15, -0.1) is 0 Å². The Morgan fingerprint density at radius 3 is 2.71 bits per heavy atom. The van der Waals surface area contributed by atoms with Crippen molar-refractivity contribution in [1.29, 1.82) is 0 Å². The van der Waals surface area contributed by atoms with Gasteiger partial charge in [-0.05, 0) is 49.1 Å². The highest BCUT2D eigenvalue weighted by Gasteiger charge is 2.38. The first-order valence-corrected chi connectivity index (χ1v) is 9.81. The zero-order valence-corrected chi connectivity index (χ0v) is 15.8. The number of carbonyl (C=O) groups is 1. The van der Waals surface area contributed by atoms with Crippen LogP contribution >= 0.6 is 0 Å². The Hall–Kier alpha value is -3.14. The lowest BCUT2D eigenvalue weighted by molar-refractivity contribution is 0.0939. The van der Waals surface area contributed by atoms with Crippen LogP contribution in [0.15, 0.2) is 67.0 Å². The number of pyridine rings is 1. The van der Waals surface area contributed by atoms with Crippen molar-refractivity contribution in [1.82, 2.24) is 10.3 Å². The molecule has 2 aliphatic rings. The molecule has 1 unspecified atom stereocenters. The molecule has 3 aromatic rings. The van der Waals surface area contributed by atoms with Crippen molar-refractivity contribution in [2.24, 2.45) is 5.92 Å². The summed E-state index contributed by atoms with van der Waals surface area (Å²) in [6.45, 7) is 2.00. The number of carbonyl (C=O) groups excluding carboxylic acids is 1. The molecule has 1 saturated carbocycles. The fourth-order valence-electron chi connectivity index (χ4n) is 3.94. The largest absolute Gasteiger partial charge is 0.483 e. The molecule has 1 amide bonds. The van der Waals surface area contributed by atoms with Crippen molar-refractivity contribution in [2.45, 2.75) is 31.9 Å². The second-order valence-electron chi connectivity index (χ2n) is 7.66. The summed E-state index contributed by atoms with van der Waals surface area (Å²) in [6, 6.07) is 17.9. The number of nitrogens with zero attached hydrogens (tertiary/aromatic N) is 1. The number of hydrogen-bond acceptors (Lipinski definition) is 3. The molecule has 0 bridgehead atoms. The molecule has 2 atom stereocenters. The van der Waals surface area contributed by atoms with Crippen LogP contribution in [0.1, 0.15) is 53.4 Å². The van der Waals surface area contributed by atoms with Crippen LogP contribution in [0, 0.1) is 5.92 Å². The Kier molecular flexibility index (Phi) is 4.12. The normalized spacial score (nSPS) is 18.4. The van der Waals surface area contributed by atoms with Crippen LogP contribution in [0.4, 0.5) is 0 Å². The summed E-state index contributed by atoms with van der Waals surface area (Å²) in [6.07, 6.45) is 5.91. The smallest absolute Gasteiger partial charge is 0.251 e. The minimum atomic E-state index is -0.0609. The van der Waals surface area contributed by atoms with Crippen molar-refractivity contribution in [2.75, 3.05) is 0 Å². The molecule has 1 N–H and O–H groups in total. The molecule has 1 aliphatic heterocycles. The number of fused-ring (bicyclic) bond motifs is 3. The lowest BCUT2D eigenvalue weighted by atomic mass is 9.90. The van der Waals surface area contributed by atoms with Gasteiger partial charge in [0.05, 0.1) is 12.2 Å². The maximum absolute atomic E-state index is 12.9. The first-order valence-electron chi connectivity index (χ1n) is 9.81. The van der Waals surface area contributed by atoms with Crippen LogP contribution in [0.2, 0.25) is 0 Å². The lowest BCUT2D eigenvalue weighted by Gasteiger charge is -2.29. The van der Waals surface area contributed by atoms with Crippen molar-refractivity contribution in [3.63, 3.8) is 0 Å². The van der Waals surface area contributed by atoms with Crippen LogP contribution in [-0.4, -0.2) is 10.9 Å². The van der Waals surface area contributed by atoms with Gasteiger partial charge >= 0.3 is 0 Å². The molecule has 0 saturated heterocycles. The van der Waals surface area contributed by atoms with Crippen LogP contribution < -0.4 is 10.1 Å². The number of hydrogen-bond donors (Lipinski definition) is 1. The van der Waals surface area contributed by atoms with Crippen LogP contribution in [0.25, 0.3) is 11.1 Å². The number of nitrogens with one attached hydrogen (secondary N) is 1. The van der Waals surface area contributed by atoms with Gasteiger partial charge in [0.15, 0.2) is 0 Å². The Morgan fingerprint density at radius 2 is 1.93 bits per heavy atom. The fraction of sp³-hybridized carbons (Fsp3) is 0.250. The second-order valence-corrected chi connectivity index (χ2v) is 7.66. The molecule has 1 aromatic heterocycles. The third kappa shape index (κ3) is 3.05. The Morgan fingerprint density at radius 1 is 1.11 bits per heavy atom. The summed E-state index contributed by atoms with van der Waals surface area (Å²) in [5.41, 5.74) is 5.07. The average Bonchev–Trinajstić information content (AvgIpc) is 3.58. The van der Waals surface area contributed by atoms with Gasteiger partial charge in [-0.2, -0.15) is 0 Å². The monoisotopic (exact) mass is 370 g/mol. The Bertz CT molecular complexity index is 1030. The van der Waals surface area contributed by atoms with Gasteiger partial charge in [0, 0.05) is 28.8 Å². The summed E-state index contributed by atoms with van der Waals surface area (Å²) in [5.74, 6) is 1.30. The van der Waals surface area contributed by atoms with E-state index in [0.717, 1.165) is 28.0 Å². The Balaban J connectivity index is 1.46. The first kappa shape index (κ1) is 17.0. The number of aromatic nitrogens is 1. The zero-order valence-electron chi connectivity index (χ0n) is 15.8. The molecule has 28 heavy (non-hydrogen) atoms. The molecule has 1 fully saturated rings.